The van der Waals surface area contributed by atoms with E-state index in [2.05, 4.69) is 36.9 Å². The van der Waals surface area contributed by atoms with Crippen molar-refractivity contribution in [1.82, 2.24) is 4.31 Å². The standard InChI is InChI=1S/C24H26N2O2S/c1-19-8-9-20(2)24(18-19)25-14-16-26(17-15-25)29(27,28)23-12-10-22(11-13-23)21-6-4-3-5-7-21/h3-13,18H,14-17H2,1-2H3. The van der Waals surface area contributed by atoms with Crippen LogP contribution < -0.4 is 4.90 Å². The third kappa shape index (κ3) is 4.07. The quantitative estimate of drug-likeness (QED) is 0.641. The molecule has 1 saturated heterocycles. The van der Waals surface area contributed by atoms with Gasteiger partial charge < -0.3 is 4.90 Å². The summed E-state index contributed by atoms with van der Waals surface area (Å²) in [6, 6.07) is 23.6. The monoisotopic (exact) mass is 406 g/mol. The SMILES string of the molecule is Cc1ccc(C)c(N2CCN(S(=O)(=O)c3ccc(-c4ccccc4)cc3)CC2)c1. The van der Waals surface area contributed by atoms with E-state index in [1.54, 1.807) is 16.4 Å². The fourth-order valence-electron chi connectivity index (χ4n) is 3.83. The molecule has 0 spiro atoms. The van der Waals surface area contributed by atoms with Crippen LogP contribution in [0.3, 0.4) is 0 Å². The predicted octanol–water partition coefficient (Wildman–Crippen LogP) is 4.48. The fraction of sp³-hybridized carbons (Fsp3) is 0.250. The molecule has 0 saturated carbocycles. The van der Waals surface area contributed by atoms with E-state index in [1.807, 2.05) is 42.5 Å². The molecule has 1 aliphatic heterocycles. The first-order chi connectivity index (χ1) is 13.9. The van der Waals surface area contributed by atoms with Crippen LogP contribution in [0.2, 0.25) is 0 Å². The first kappa shape index (κ1) is 19.7. The lowest BCUT2D eigenvalue weighted by Gasteiger charge is -2.36. The van der Waals surface area contributed by atoms with Gasteiger partial charge in [-0.3, -0.25) is 0 Å². The van der Waals surface area contributed by atoms with Crippen molar-refractivity contribution < 1.29 is 8.42 Å². The smallest absolute Gasteiger partial charge is 0.243 e. The van der Waals surface area contributed by atoms with Crippen LogP contribution in [0, 0.1) is 13.8 Å². The van der Waals surface area contributed by atoms with E-state index in [-0.39, 0.29) is 0 Å². The zero-order valence-corrected chi connectivity index (χ0v) is 17.7. The number of rotatable bonds is 4. The molecular formula is C24H26N2O2S. The average Bonchev–Trinajstić information content (AvgIpc) is 2.76. The van der Waals surface area contributed by atoms with Crippen molar-refractivity contribution in [1.29, 1.82) is 0 Å². The minimum absolute atomic E-state index is 0.359. The molecule has 0 N–H and O–H groups in total. The third-order valence-electron chi connectivity index (χ3n) is 5.54. The van der Waals surface area contributed by atoms with Crippen molar-refractivity contribution in [2.75, 3.05) is 31.1 Å². The zero-order valence-electron chi connectivity index (χ0n) is 16.9. The molecule has 0 aliphatic carbocycles. The van der Waals surface area contributed by atoms with E-state index in [0.29, 0.717) is 31.1 Å². The lowest BCUT2D eigenvalue weighted by atomic mass is 10.1. The lowest BCUT2D eigenvalue weighted by molar-refractivity contribution is 0.384. The van der Waals surface area contributed by atoms with E-state index in [4.69, 9.17) is 0 Å². The molecule has 3 aromatic rings. The normalized spacial score (nSPS) is 15.4. The summed E-state index contributed by atoms with van der Waals surface area (Å²) in [6.07, 6.45) is 0. The number of piperazine rings is 1. The highest BCUT2D eigenvalue weighted by Gasteiger charge is 2.29. The molecule has 0 unspecified atom stereocenters. The number of anilines is 1. The fourth-order valence-corrected chi connectivity index (χ4v) is 5.25. The van der Waals surface area contributed by atoms with E-state index < -0.39 is 10.0 Å². The number of benzene rings is 3. The second-order valence-electron chi connectivity index (χ2n) is 7.57. The number of hydrogen-bond acceptors (Lipinski definition) is 3. The van der Waals surface area contributed by atoms with Crippen LogP contribution in [-0.2, 0) is 10.0 Å². The van der Waals surface area contributed by atoms with Crippen LogP contribution in [0.5, 0.6) is 0 Å². The van der Waals surface area contributed by atoms with Gasteiger partial charge in [-0.05, 0) is 54.3 Å². The molecule has 1 fully saturated rings. The van der Waals surface area contributed by atoms with Gasteiger partial charge in [-0.2, -0.15) is 4.31 Å². The van der Waals surface area contributed by atoms with Crippen molar-refractivity contribution in [2.24, 2.45) is 0 Å². The maximum absolute atomic E-state index is 13.1. The molecule has 3 aromatic carbocycles. The Labute approximate surface area is 173 Å². The van der Waals surface area contributed by atoms with Gasteiger partial charge in [0, 0.05) is 31.9 Å². The van der Waals surface area contributed by atoms with Crippen molar-refractivity contribution in [2.45, 2.75) is 18.7 Å². The lowest BCUT2D eigenvalue weighted by Crippen LogP contribution is -2.48. The van der Waals surface area contributed by atoms with Gasteiger partial charge in [-0.25, -0.2) is 8.42 Å². The third-order valence-corrected chi connectivity index (χ3v) is 7.46. The van der Waals surface area contributed by atoms with Gasteiger partial charge in [-0.1, -0.05) is 54.6 Å². The Morgan fingerprint density at radius 2 is 1.34 bits per heavy atom. The van der Waals surface area contributed by atoms with Crippen LogP contribution in [0.1, 0.15) is 11.1 Å². The van der Waals surface area contributed by atoms with Crippen molar-refractivity contribution in [3.63, 3.8) is 0 Å². The van der Waals surface area contributed by atoms with Gasteiger partial charge in [-0.15, -0.1) is 0 Å². The number of sulfonamides is 1. The summed E-state index contributed by atoms with van der Waals surface area (Å²) >= 11 is 0. The molecule has 29 heavy (non-hydrogen) atoms. The zero-order chi connectivity index (χ0) is 20.4. The second-order valence-corrected chi connectivity index (χ2v) is 9.51. The molecule has 0 bridgehead atoms. The first-order valence-corrected chi connectivity index (χ1v) is 11.4. The topological polar surface area (TPSA) is 40.6 Å². The Hall–Kier alpha value is -2.63. The van der Waals surface area contributed by atoms with Gasteiger partial charge in [0.2, 0.25) is 10.0 Å². The largest absolute Gasteiger partial charge is 0.369 e. The molecule has 4 nitrogen and oxygen atoms in total. The van der Waals surface area contributed by atoms with Gasteiger partial charge in [0.05, 0.1) is 4.90 Å². The van der Waals surface area contributed by atoms with Crippen molar-refractivity contribution in [3.8, 4) is 11.1 Å². The van der Waals surface area contributed by atoms with Gasteiger partial charge in [0.15, 0.2) is 0 Å². The molecule has 5 heteroatoms. The summed E-state index contributed by atoms with van der Waals surface area (Å²) < 4.78 is 27.8. The van der Waals surface area contributed by atoms with Gasteiger partial charge in [0.1, 0.15) is 0 Å². The minimum Gasteiger partial charge on any atom is -0.369 e. The Morgan fingerprint density at radius 1 is 0.724 bits per heavy atom. The molecule has 150 valence electrons. The molecule has 0 atom stereocenters. The average molecular weight is 407 g/mol. The number of nitrogens with zero attached hydrogens (tertiary/aromatic N) is 2. The van der Waals surface area contributed by atoms with E-state index in [1.165, 1.54) is 16.8 Å². The van der Waals surface area contributed by atoms with Gasteiger partial charge in [0.25, 0.3) is 0 Å². The Balaban J connectivity index is 1.48. The molecule has 0 radical (unpaired) electrons. The summed E-state index contributed by atoms with van der Waals surface area (Å²) in [4.78, 5) is 2.64. The Bertz CT molecular complexity index is 1090. The Morgan fingerprint density at radius 3 is 2.00 bits per heavy atom. The van der Waals surface area contributed by atoms with E-state index in [9.17, 15) is 8.42 Å². The summed E-state index contributed by atoms with van der Waals surface area (Å²) in [7, 11) is -3.48. The van der Waals surface area contributed by atoms with Crippen LogP contribution in [0.4, 0.5) is 5.69 Å². The molecular weight excluding hydrogens is 380 g/mol. The maximum Gasteiger partial charge on any atom is 0.243 e. The highest BCUT2D eigenvalue weighted by molar-refractivity contribution is 7.89. The summed E-state index contributed by atoms with van der Waals surface area (Å²) in [5.41, 5.74) is 5.75. The highest BCUT2D eigenvalue weighted by Crippen LogP contribution is 2.26. The molecule has 0 aromatic heterocycles. The van der Waals surface area contributed by atoms with Crippen LogP contribution >= 0.6 is 0 Å². The van der Waals surface area contributed by atoms with Crippen LogP contribution in [-0.4, -0.2) is 38.9 Å². The number of aryl methyl sites for hydroxylation is 2. The highest BCUT2D eigenvalue weighted by atomic mass is 32.2. The summed E-state index contributed by atoms with van der Waals surface area (Å²) in [6.45, 7) is 6.58. The van der Waals surface area contributed by atoms with E-state index in [0.717, 1.165) is 11.1 Å². The number of hydrogen-bond donors (Lipinski definition) is 0. The van der Waals surface area contributed by atoms with Crippen molar-refractivity contribution >= 4 is 15.7 Å². The van der Waals surface area contributed by atoms with Gasteiger partial charge >= 0.3 is 0 Å². The molecule has 4 rings (SSSR count). The molecule has 1 aliphatic rings. The summed E-state index contributed by atoms with van der Waals surface area (Å²) in [5.74, 6) is 0. The molecule has 1 heterocycles. The maximum atomic E-state index is 13.1. The van der Waals surface area contributed by atoms with Crippen LogP contribution in [0.15, 0.2) is 77.7 Å². The summed E-state index contributed by atoms with van der Waals surface area (Å²) in [5, 5.41) is 0. The van der Waals surface area contributed by atoms with E-state index >= 15 is 0 Å². The first-order valence-electron chi connectivity index (χ1n) is 9.93. The van der Waals surface area contributed by atoms with Crippen LogP contribution in [0.25, 0.3) is 11.1 Å². The Kier molecular flexibility index (Phi) is 5.43. The van der Waals surface area contributed by atoms with Crippen molar-refractivity contribution in [3.05, 3.63) is 83.9 Å². The second kappa shape index (κ2) is 8.01. The minimum atomic E-state index is -3.48. The molecule has 0 amide bonds. The predicted molar refractivity (Wildman–Crippen MR) is 119 cm³/mol.